The van der Waals surface area contributed by atoms with Gasteiger partial charge in [-0.3, -0.25) is 0 Å². The van der Waals surface area contributed by atoms with Crippen molar-refractivity contribution in [2.45, 2.75) is 38.0 Å². The number of hydrogen-bond acceptors (Lipinski definition) is 4. The van der Waals surface area contributed by atoms with Crippen molar-refractivity contribution in [3.8, 4) is 11.5 Å². The molecule has 0 spiro atoms. The molecule has 1 heterocycles. The van der Waals surface area contributed by atoms with Crippen molar-refractivity contribution in [3.63, 3.8) is 0 Å². The van der Waals surface area contributed by atoms with Gasteiger partial charge in [-0.05, 0) is 30.5 Å². The van der Waals surface area contributed by atoms with Crippen LogP contribution in [0.15, 0.2) is 18.2 Å². The molecule has 1 unspecified atom stereocenters. The van der Waals surface area contributed by atoms with Crippen LogP contribution in [0.4, 0.5) is 0 Å². The number of benzene rings is 1. The second-order valence-corrected chi connectivity index (χ2v) is 5.24. The fourth-order valence-corrected chi connectivity index (χ4v) is 2.26. The Balaban J connectivity index is 1.68. The van der Waals surface area contributed by atoms with Gasteiger partial charge in [0.25, 0.3) is 0 Å². The van der Waals surface area contributed by atoms with E-state index in [1.54, 1.807) is 7.11 Å². The lowest BCUT2D eigenvalue weighted by Crippen LogP contribution is -2.17. The van der Waals surface area contributed by atoms with Gasteiger partial charge in [-0.2, -0.15) is 0 Å². The quantitative estimate of drug-likeness (QED) is 0.853. The van der Waals surface area contributed by atoms with Crippen LogP contribution in [-0.2, 0) is 11.3 Å². The van der Waals surface area contributed by atoms with Crippen molar-refractivity contribution in [2.75, 3.05) is 20.3 Å². The number of ether oxygens (including phenoxy) is 3. The van der Waals surface area contributed by atoms with Crippen LogP contribution >= 0.6 is 0 Å². The molecule has 1 saturated carbocycles. The van der Waals surface area contributed by atoms with Gasteiger partial charge in [-0.15, -0.1) is 0 Å². The van der Waals surface area contributed by atoms with Gasteiger partial charge in [0.15, 0.2) is 11.5 Å². The molecule has 0 amide bonds. The van der Waals surface area contributed by atoms with E-state index in [1.807, 2.05) is 6.07 Å². The molecular weight excluding hydrogens is 242 g/mol. The molecule has 1 aromatic rings. The van der Waals surface area contributed by atoms with Gasteiger partial charge in [0, 0.05) is 19.0 Å². The van der Waals surface area contributed by atoms with E-state index in [9.17, 15) is 0 Å². The van der Waals surface area contributed by atoms with Crippen molar-refractivity contribution in [2.24, 2.45) is 0 Å². The highest BCUT2D eigenvalue weighted by atomic mass is 16.6. The Bertz CT molecular complexity index is 425. The third-order valence-corrected chi connectivity index (χ3v) is 3.58. The first-order chi connectivity index (χ1) is 9.35. The monoisotopic (exact) mass is 263 g/mol. The Labute approximate surface area is 114 Å². The average molecular weight is 263 g/mol. The van der Waals surface area contributed by atoms with Gasteiger partial charge < -0.3 is 19.5 Å². The molecule has 0 radical (unpaired) electrons. The summed E-state index contributed by atoms with van der Waals surface area (Å²) >= 11 is 0. The van der Waals surface area contributed by atoms with E-state index in [4.69, 9.17) is 14.2 Å². The number of hydrogen-bond donors (Lipinski definition) is 1. The van der Waals surface area contributed by atoms with E-state index in [-0.39, 0.29) is 6.10 Å². The Morgan fingerprint density at radius 3 is 2.84 bits per heavy atom. The van der Waals surface area contributed by atoms with Crippen LogP contribution in [0.3, 0.4) is 0 Å². The molecule has 1 atom stereocenters. The number of rotatable bonds is 6. The largest absolute Gasteiger partial charge is 0.493 e. The van der Waals surface area contributed by atoms with Crippen LogP contribution in [0, 0.1) is 0 Å². The fraction of sp³-hybridized carbons (Fsp3) is 0.600. The van der Waals surface area contributed by atoms with Crippen LogP contribution in [-0.4, -0.2) is 32.5 Å². The molecule has 0 bridgehead atoms. The molecule has 3 rings (SSSR count). The first kappa shape index (κ1) is 12.8. The van der Waals surface area contributed by atoms with Gasteiger partial charge >= 0.3 is 0 Å². The Hall–Kier alpha value is -1.26. The maximum atomic E-state index is 5.98. The van der Waals surface area contributed by atoms with E-state index < -0.39 is 0 Å². The summed E-state index contributed by atoms with van der Waals surface area (Å²) in [5.74, 6) is 1.62. The predicted molar refractivity (Wildman–Crippen MR) is 72.7 cm³/mol. The molecule has 4 nitrogen and oxygen atoms in total. The number of nitrogens with one attached hydrogen (secondary N) is 1. The van der Waals surface area contributed by atoms with Gasteiger partial charge in [0.05, 0.1) is 20.3 Å². The Morgan fingerprint density at radius 1 is 1.26 bits per heavy atom. The van der Waals surface area contributed by atoms with Crippen molar-refractivity contribution in [1.29, 1.82) is 0 Å². The maximum Gasteiger partial charge on any atom is 0.162 e. The van der Waals surface area contributed by atoms with Gasteiger partial charge in [-0.1, -0.05) is 6.07 Å². The molecular formula is C15H21NO3. The Kier molecular flexibility index (Phi) is 3.89. The minimum absolute atomic E-state index is 0.153. The highest BCUT2D eigenvalue weighted by Gasteiger charge is 2.21. The summed E-state index contributed by atoms with van der Waals surface area (Å²) in [6.07, 6.45) is 3.71. The molecule has 2 fully saturated rings. The van der Waals surface area contributed by atoms with Crippen LogP contribution in [0.2, 0.25) is 0 Å². The van der Waals surface area contributed by atoms with Crippen LogP contribution in [0.1, 0.15) is 24.8 Å². The average Bonchev–Trinajstić information content (AvgIpc) is 3.13. The summed E-state index contributed by atoms with van der Waals surface area (Å²) in [6.45, 7) is 2.36. The molecule has 2 aliphatic rings. The van der Waals surface area contributed by atoms with E-state index >= 15 is 0 Å². The summed E-state index contributed by atoms with van der Waals surface area (Å²) in [6, 6.07) is 6.86. The standard InChI is InChI=1S/C15H21NO3/c1-17-14-5-2-11(9-16-12-3-4-12)8-15(14)19-13-6-7-18-10-13/h2,5,8,12-13,16H,3-4,6-7,9-10H2,1H3. The molecule has 1 N–H and O–H groups in total. The molecule has 1 aliphatic carbocycles. The van der Waals surface area contributed by atoms with E-state index in [1.165, 1.54) is 18.4 Å². The second-order valence-electron chi connectivity index (χ2n) is 5.24. The third-order valence-electron chi connectivity index (χ3n) is 3.58. The zero-order chi connectivity index (χ0) is 13.1. The molecule has 19 heavy (non-hydrogen) atoms. The lowest BCUT2D eigenvalue weighted by molar-refractivity contribution is 0.138. The predicted octanol–water partition coefficient (Wildman–Crippen LogP) is 2.11. The first-order valence-electron chi connectivity index (χ1n) is 7.00. The van der Waals surface area contributed by atoms with Crippen molar-refractivity contribution < 1.29 is 14.2 Å². The topological polar surface area (TPSA) is 39.7 Å². The minimum Gasteiger partial charge on any atom is -0.493 e. The van der Waals surface area contributed by atoms with E-state index in [0.29, 0.717) is 6.61 Å². The maximum absolute atomic E-state index is 5.98. The summed E-state index contributed by atoms with van der Waals surface area (Å²) < 4.78 is 16.7. The molecule has 1 aliphatic heterocycles. The molecule has 0 aromatic heterocycles. The smallest absolute Gasteiger partial charge is 0.162 e. The summed E-state index contributed by atoms with van der Waals surface area (Å²) in [7, 11) is 1.68. The molecule has 104 valence electrons. The minimum atomic E-state index is 0.153. The normalized spacial score (nSPS) is 22.5. The third kappa shape index (κ3) is 3.39. The van der Waals surface area contributed by atoms with Gasteiger partial charge in [0.1, 0.15) is 6.10 Å². The molecule has 1 aromatic carbocycles. The SMILES string of the molecule is COc1ccc(CNC2CC2)cc1OC1CCOC1. The zero-order valence-electron chi connectivity index (χ0n) is 11.4. The van der Waals surface area contributed by atoms with Crippen molar-refractivity contribution >= 4 is 0 Å². The van der Waals surface area contributed by atoms with E-state index in [2.05, 4.69) is 17.4 Å². The summed E-state index contributed by atoms with van der Waals surface area (Å²) in [4.78, 5) is 0. The van der Waals surface area contributed by atoms with Crippen molar-refractivity contribution in [3.05, 3.63) is 23.8 Å². The Morgan fingerprint density at radius 2 is 2.16 bits per heavy atom. The molecule has 1 saturated heterocycles. The van der Waals surface area contributed by atoms with Crippen molar-refractivity contribution in [1.82, 2.24) is 5.32 Å². The highest BCUT2D eigenvalue weighted by molar-refractivity contribution is 5.43. The molecule has 4 heteroatoms. The number of methoxy groups -OCH3 is 1. The van der Waals surface area contributed by atoms with Crippen LogP contribution < -0.4 is 14.8 Å². The van der Waals surface area contributed by atoms with Crippen LogP contribution in [0.5, 0.6) is 11.5 Å². The lowest BCUT2D eigenvalue weighted by atomic mass is 10.2. The summed E-state index contributed by atoms with van der Waals surface area (Å²) in [5, 5.41) is 3.51. The van der Waals surface area contributed by atoms with Gasteiger partial charge in [0.2, 0.25) is 0 Å². The second kappa shape index (κ2) is 5.80. The van der Waals surface area contributed by atoms with Gasteiger partial charge in [-0.25, -0.2) is 0 Å². The van der Waals surface area contributed by atoms with Crippen LogP contribution in [0.25, 0.3) is 0 Å². The van der Waals surface area contributed by atoms with E-state index in [0.717, 1.165) is 37.1 Å². The zero-order valence-corrected chi connectivity index (χ0v) is 11.4. The fourth-order valence-electron chi connectivity index (χ4n) is 2.26. The highest BCUT2D eigenvalue weighted by Crippen LogP contribution is 2.30. The lowest BCUT2D eigenvalue weighted by Gasteiger charge is -2.16. The first-order valence-corrected chi connectivity index (χ1v) is 7.00. The summed E-state index contributed by atoms with van der Waals surface area (Å²) in [5.41, 5.74) is 1.24.